The first-order valence-corrected chi connectivity index (χ1v) is 11.4. The highest BCUT2D eigenvalue weighted by atomic mass is 35.5. The Morgan fingerprint density at radius 1 is 1.16 bits per heavy atom. The Kier molecular flexibility index (Phi) is 5.66. The Hall–Kier alpha value is -2.83. The molecule has 164 valence electrons. The van der Waals surface area contributed by atoms with Gasteiger partial charge in [0.2, 0.25) is 5.95 Å². The number of nitrogens with zero attached hydrogens (tertiary/aromatic N) is 3. The van der Waals surface area contributed by atoms with Crippen LogP contribution in [0.15, 0.2) is 48.7 Å². The molecule has 1 unspecified atom stereocenters. The van der Waals surface area contributed by atoms with Gasteiger partial charge in [-0.1, -0.05) is 53.5 Å². The monoisotopic (exact) mass is 468 g/mol. The van der Waals surface area contributed by atoms with Gasteiger partial charge in [0, 0.05) is 36.8 Å². The fourth-order valence-electron chi connectivity index (χ4n) is 4.68. The van der Waals surface area contributed by atoms with E-state index in [2.05, 4.69) is 22.4 Å². The van der Waals surface area contributed by atoms with Crippen LogP contribution < -0.4 is 5.32 Å². The van der Waals surface area contributed by atoms with E-state index in [-0.39, 0.29) is 12.0 Å². The minimum Gasteiger partial charge on any atom is -0.465 e. The number of halogens is 2. The summed E-state index contributed by atoms with van der Waals surface area (Å²) < 4.78 is 0. The molecule has 2 aliphatic rings. The lowest BCUT2D eigenvalue weighted by Crippen LogP contribution is -2.44. The lowest BCUT2D eigenvalue weighted by atomic mass is 9.78. The number of carboxylic acid groups (broad SMARTS) is 1. The van der Waals surface area contributed by atoms with Gasteiger partial charge >= 0.3 is 6.09 Å². The molecule has 8 heteroatoms. The molecule has 2 atom stereocenters. The molecule has 1 aromatic heterocycles. The molecular weight excluding hydrogens is 447 g/mol. The number of hydrogen-bond acceptors (Lipinski definition) is 4. The normalized spacial score (nSPS) is 19.8. The molecule has 3 aromatic rings. The van der Waals surface area contributed by atoms with Gasteiger partial charge in [0.1, 0.15) is 0 Å². The maximum absolute atomic E-state index is 11.3. The smallest absolute Gasteiger partial charge is 0.407 e. The summed E-state index contributed by atoms with van der Waals surface area (Å²) in [6.45, 7) is 1.01. The van der Waals surface area contributed by atoms with Crippen molar-refractivity contribution in [2.45, 2.75) is 31.2 Å². The third-order valence-electron chi connectivity index (χ3n) is 6.25. The number of carbonyl (C=O) groups is 1. The van der Waals surface area contributed by atoms with E-state index in [1.807, 2.05) is 36.5 Å². The Bertz CT molecular complexity index is 1190. The van der Waals surface area contributed by atoms with Crippen molar-refractivity contribution in [1.82, 2.24) is 14.9 Å². The van der Waals surface area contributed by atoms with E-state index in [9.17, 15) is 9.90 Å². The molecule has 32 heavy (non-hydrogen) atoms. The van der Waals surface area contributed by atoms with E-state index in [0.29, 0.717) is 29.1 Å². The van der Waals surface area contributed by atoms with Gasteiger partial charge in [-0.3, -0.25) is 0 Å². The second-order valence-electron chi connectivity index (χ2n) is 8.30. The molecule has 6 nitrogen and oxygen atoms in total. The van der Waals surface area contributed by atoms with E-state index < -0.39 is 6.09 Å². The summed E-state index contributed by atoms with van der Waals surface area (Å²) in [6, 6.07) is 14.1. The van der Waals surface area contributed by atoms with Gasteiger partial charge in [-0.05, 0) is 48.1 Å². The van der Waals surface area contributed by atoms with E-state index in [1.165, 1.54) is 10.5 Å². The maximum atomic E-state index is 11.3. The second-order valence-corrected chi connectivity index (χ2v) is 9.11. The lowest BCUT2D eigenvalue weighted by Gasteiger charge is -2.31. The molecule has 1 fully saturated rings. The second kappa shape index (κ2) is 8.60. The summed E-state index contributed by atoms with van der Waals surface area (Å²) in [5, 5.41) is 13.7. The van der Waals surface area contributed by atoms with Crippen LogP contribution in [-0.2, 0) is 6.42 Å². The van der Waals surface area contributed by atoms with Crippen molar-refractivity contribution in [3.63, 3.8) is 0 Å². The molecule has 0 saturated carbocycles. The average molecular weight is 469 g/mol. The summed E-state index contributed by atoms with van der Waals surface area (Å²) in [4.78, 5) is 22.2. The van der Waals surface area contributed by atoms with Gasteiger partial charge in [0.25, 0.3) is 0 Å². The number of piperidine rings is 1. The molecule has 1 saturated heterocycles. The first-order valence-electron chi connectivity index (χ1n) is 10.6. The van der Waals surface area contributed by atoms with Crippen molar-refractivity contribution < 1.29 is 9.90 Å². The van der Waals surface area contributed by atoms with Crippen LogP contribution in [0.25, 0.3) is 11.3 Å². The van der Waals surface area contributed by atoms with Crippen molar-refractivity contribution in [2.75, 3.05) is 18.4 Å². The quantitative estimate of drug-likeness (QED) is 0.515. The van der Waals surface area contributed by atoms with Crippen molar-refractivity contribution in [3.8, 4) is 11.3 Å². The molecule has 2 aromatic carbocycles. The number of fused-ring (bicyclic) bond motifs is 3. The number of nitrogens with one attached hydrogen (secondary N) is 1. The number of aromatic nitrogens is 2. The summed E-state index contributed by atoms with van der Waals surface area (Å²) in [6.07, 6.45) is 3.47. The Labute approximate surface area is 196 Å². The summed E-state index contributed by atoms with van der Waals surface area (Å²) >= 11 is 12.4. The Morgan fingerprint density at radius 3 is 2.81 bits per heavy atom. The average Bonchev–Trinajstić information content (AvgIpc) is 2.80. The van der Waals surface area contributed by atoms with Crippen LogP contribution in [0, 0.1) is 0 Å². The molecule has 2 N–H and O–H groups in total. The van der Waals surface area contributed by atoms with Crippen LogP contribution in [-0.4, -0.2) is 45.2 Å². The highest BCUT2D eigenvalue weighted by Crippen LogP contribution is 2.42. The van der Waals surface area contributed by atoms with Gasteiger partial charge in [0.15, 0.2) is 0 Å². The molecule has 1 amide bonds. The van der Waals surface area contributed by atoms with Crippen LogP contribution in [0.5, 0.6) is 0 Å². The largest absolute Gasteiger partial charge is 0.465 e. The molecule has 0 bridgehead atoms. The summed E-state index contributed by atoms with van der Waals surface area (Å²) in [7, 11) is 0. The molecule has 1 aliphatic heterocycles. The van der Waals surface area contributed by atoms with Crippen molar-refractivity contribution in [1.29, 1.82) is 0 Å². The molecule has 0 radical (unpaired) electrons. The number of hydrogen-bond donors (Lipinski definition) is 2. The van der Waals surface area contributed by atoms with Crippen molar-refractivity contribution in [3.05, 3.63) is 75.4 Å². The predicted octanol–water partition coefficient (Wildman–Crippen LogP) is 5.69. The lowest BCUT2D eigenvalue weighted by molar-refractivity contribution is 0.132. The number of amides is 1. The van der Waals surface area contributed by atoms with E-state index >= 15 is 0 Å². The fourth-order valence-corrected chi connectivity index (χ4v) is 4.99. The first kappa shape index (κ1) is 21.0. The van der Waals surface area contributed by atoms with Gasteiger partial charge in [-0.25, -0.2) is 14.8 Å². The molecular formula is C24H22Cl2N4O2. The fraction of sp³-hybridized carbons (Fsp3) is 0.292. The van der Waals surface area contributed by atoms with E-state index in [1.54, 1.807) is 0 Å². The zero-order valence-electron chi connectivity index (χ0n) is 17.3. The van der Waals surface area contributed by atoms with Gasteiger partial charge in [-0.15, -0.1) is 0 Å². The molecule has 5 rings (SSSR count). The van der Waals surface area contributed by atoms with Crippen LogP contribution in [0.3, 0.4) is 0 Å². The van der Waals surface area contributed by atoms with Crippen LogP contribution in [0.2, 0.25) is 10.0 Å². The molecule has 2 heterocycles. The zero-order valence-corrected chi connectivity index (χ0v) is 18.8. The zero-order chi connectivity index (χ0) is 22.2. The highest BCUT2D eigenvalue weighted by molar-refractivity contribution is 6.42. The minimum atomic E-state index is -0.884. The number of rotatable bonds is 3. The molecule has 0 spiro atoms. The number of likely N-dealkylation sites (tertiary alicyclic amines) is 1. The predicted molar refractivity (Wildman–Crippen MR) is 126 cm³/mol. The summed E-state index contributed by atoms with van der Waals surface area (Å²) in [5.74, 6) is 0.669. The topological polar surface area (TPSA) is 78.4 Å². The standard InChI is InChI=1S/C24H22Cl2N4O2/c25-20-8-7-14(11-21(20)26)19-10-15-12-27-23(28-16-4-3-9-30(13-16)24(31)32)29-22(15)18-6-2-1-5-17(18)19/h1-2,5-8,11-12,16,19H,3-4,9-10,13H2,(H,31,32)(H,27,28,29)/t16?,19-/m0/s1. The highest BCUT2D eigenvalue weighted by Gasteiger charge is 2.29. The Morgan fingerprint density at radius 2 is 2.00 bits per heavy atom. The van der Waals surface area contributed by atoms with E-state index in [4.69, 9.17) is 28.2 Å². The van der Waals surface area contributed by atoms with Gasteiger partial charge in [-0.2, -0.15) is 0 Å². The van der Waals surface area contributed by atoms with E-state index in [0.717, 1.165) is 41.6 Å². The minimum absolute atomic E-state index is 0.000641. The van der Waals surface area contributed by atoms with Crippen molar-refractivity contribution >= 4 is 35.2 Å². The van der Waals surface area contributed by atoms with Gasteiger partial charge in [0.05, 0.1) is 15.7 Å². The Balaban J connectivity index is 1.45. The van der Waals surface area contributed by atoms with Crippen LogP contribution >= 0.6 is 23.2 Å². The summed E-state index contributed by atoms with van der Waals surface area (Å²) in [5.41, 5.74) is 5.36. The maximum Gasteiger partial charge on any atom is 0.407 e. The third kappa shape index (κ3) is 4.00. The molecule has 1 aliphatic carbocycles. The van der Waals surface area contributed by atoms with Crippen LogP contribution in [0.4, 0.5) is 10.7 Å². The SMILES string of the molecule is O=C(O)N1CCCC(Nc2ncc3c(n2)-c2ccccc2[C@H](c2ccc(Cl)c(Cl)c2)C3)C1. The number of anilines is 1. The van der Waals surface area contributed by atoms with Crippen molar-refractivity contribution in [2.24, 2.45) is 0 Å². The number of benzene rings is 2. The van der Waals surface area contributed by atoms with Crippen LogP contribution in [0.1, 0.15) is 35.4 Å². The third-order valence-corrected chi connectivity index (χ3v) is 6.99. The van der Waals surface area contributed by atoms with Gasteiger partial charge < -0.3 is 15.3 Å². The first-order chi connectivity index (χ1) is 15.5.